The highest BCUT2D eigenvalue weighted by atomic mass is 16.5. The lowest BCUT2D eigenvalue weighted by atomic mass is 9.91. The van der Waals surface area contributed by atoms with Crippen molar-refractivity contribution in [1.29, 1.82) is 0 Å². The third-order valence-electron chi connectivity index (χ3n) is 5.09. The number of imide groups is 1. The van der Waals surface area contributed by atoms with E-state index in [1.54, 1.807) is 42.4 Å². The lowest BCUT2D eigenvalue weighted by molar-refractivity contribution is -0.124. The summed E-state index contributed by atoms with van der Waals surface area (Å²) in [5, 5.41) is 17.2. The van der Waals surface area contributed by atoms with Crippen LogP contribution < -0.4 is 15.4 Å². The number of pyridine rings is 1. The van der Waals surface area contributed by atoms with Crippen LogP contribution in [0.2, 0.25) is 0 Å². The fourth-order valence-electron chi connectivity index (χ4n) is 3.56. The molecule has 1 aliphatic heterocycles. The van der Waals surface area contributed by atoms with Crippen molar-refractivity contribution in [2.24, 2.45) is 0 Å². The maximum absolute atomic E-state index is 12.6. The maximum atomic E-state index is 12.6. The first kappa shape index (κ1) is 17.8. The van der Waals surface area contributed by atoms with E-state index < -0.39 is 17.5 Å². The number of rotatable bonds is 6. The standard InChI is InChI=1S/C20H20N4O4/c1-28-15-5-4-14-11-24(17(25)16(14)9-15)12-20(18(26)22-19(27)23-20)7-6-13-3-2-8-21-10-13/h2-5,8-11,25H,6-7,12H2,1H3,(H2,22,23,26,27)/t20-/m1/s1. The van der Waals surface area contributed by atoms with E-state index >= 15 is 0 Å². The summed E-state index contributed by atoms with van der Waals surface area (Å²) in [5.41, 5.74) is -0.203. The molecular weight excluding hydrogens is 360 g/mol. The Hall–Kier alpha value is -3.55. The Morgan fingerprint density at radius 3 is 2.82 bits per heavy atom. The number of benzene rings is 1. The molecular formula is C20H20N4O4. The second-order valence-electron chi connectivity index (χ2n) is 6.89. The van der Waals surface area contributed by atoms with E-state index in [1.165, 1.54) is 0 Å². The number of aromatic hydroxyl groups is 1. The first-order valence-electron chi connectivity index (χ1n) is 8.89. The fraction of sp³-hybridized carbons (Fsp3) is 0.250. The summed E-state index contributed by atoms with van der Waals surface area (Å²) in [4.78, 5) is 28.6. The minimum absolute atomic E-state index is 0.0172. The van der Waals surface area contributed by atoms with Crippen molar-refractivity contribution < 1.29 is 19.4 Å². The molecule has 1 saturated heterocycles. The average Bonchev–Trinajstić information content (AvgIpc) is 3.16. The molecule has 1 atom stereocenters. The molecule has 144 valence electrons. The van der Waals surface area contributed by atoms with Crippen LogP contribution >= 0.6 is 0 Å². The molecule has 3 N–H and O–H groups in total. The Morgan fingerprint density at radius 1 is 1.29 bits per heavy atom. The van der Waals surface area contributed by atoms with E-state index in [0.29, 0.717) is 24.0 Å². The zero-order valence-electron chi connectivity index (χ0n) is 15.3. The Morgan fingerprint density at radius 2 is 2.14 bits per heavy atom. The van der Waals surface area contributed by atoms with Crippen LogP contribution in [0.3, 0.4) is 0 Å². The van der Waals surface area contributed by atoms with Gasteiger partial charge in [-0.05, 0) is 42.7 Å². The van der Waals surface area contributed by atoms with Crippen molar-refractivity contribution in [2.75, 3.05) is 7.11 Å². The largest absolute Gasteiger partial charge is 0.497 e. The molecule has 0 spiro atoms. The van der Waals surface area contributed by atoms with Crippen molar-refractivity contribution in [3.05, 3.63) is 54.5 Å². The molecule has 3 heterocycles. The molecule has 28 heavy (non-hydrogen) atoms. The minimum Gasteiger partial charge on any atom is -0.497 e. The second kappa shape index (κ2) is 6.88. The number of methoxy groups -OCH3 is 1. The lowest BCUT2D eigenvalue weighted by Gasteiger charge is -2.27. The number of carbonyl (C=O) groups excluding carboxylic acids is 2. The number of ether oxygens (including phenoxy) is 1. The number of fused-ring (bicyclic) bond motifs is 1. The first-order valence-corrected chi connectivity index (χ1v) is 8.89. The molecule has 0 saturated carbocycles. The molecule has 3 amide bonds. The van der Waals surface area contributed by atoms with Gasteiger partial charge in [0.15, 0.2) is 5.88 Å². The third kappa shape index (κ3) is 3.13. The number of carbonyl (C=O) groups is 2. The second-order valence-corrected chi connectivity index (χ2v) is 6.89. The van der Waals surface area contributed by atoms with Crippen molar-refractivity contribution in [1.82, 2.24) is 20.2 Å². The predicted octanol–water partition coefficient (Wildman–Crippen LogP) is 1.96. The smallest absolute Gasteiger partial charge is 0.322 e. The first-order chi connectivity index (χ1) is 13.5. The van der Waals surface area contributed by atoms with Crippen molar-refractivity contribution >= 4 is 22.7 Å². The van der Waals surface area contributed by atoms with Gasteiger partial charge in [0.2, 0.25) is 0 Å². The number of hydrogen-bond acceptors (Lipinski definition) is 5. The highest BCUT2D eigenvalue weighted by Crippen LogP contribution is 2.32. The highest BCUT2D eigenvalue weighted by Gasteiger charge is 2.46. The van der Waals surface area contributed by atoms with Gasteiger partial charge in [-0.2, -0.15) is 0 Å². The van der Waals surface area contributed by atoms with Crippen LogP contribution in [0.1, 0.15) is 12.0 Å². The molecule has 0 radical (unpaired) electrons. The van der Waals surface area contributed by atoms with Crippen LogP contribution in [-0.4, -0.2) is 39.2 Å². The monoisotopic (exact) mass is 380 g/mol. The minimum atomic E-state index is -1.16. The summed E-state index contributed by atoms with van der Waals surface area (Å²) in [5.74, 6) is 0.235. The van der Waals surface area contributed by atoms with Crippen LogP contribution in [0.25, 0.3) is 10.8 Å². The number of aryl methyl sites for hydroxylation is 1. The average molecular weight is 380 g/mol. The van der Waals surface area contributed by atoms with Gasteiger partial charge in [-0.3, -0.25) is 15.1 Å². The molecule has 2 aromatic heterocycles. The van der Waals surface area contributed by atoms with E-state index in [-0.39, 0.29) is 12.4 Å². The van der Waals surface area contributed by atoms with Crippen LogP contribution in [-0.2, 0) is 17.8 Å². The van der Waals surface area contributed by atoms with E-state index in [2.05, 4.69) is 15.6 Å². The fourth-order valence-corrected chi connectivity index (χ4v) is 3.56. The van der Waals surface area contributed by atoms with Crippen molar-refractivity contribution in [2.45, 2.75) is 24.9 Å². The Bertz CT molecular complexity index is 1050. The number of hydrogen-bond donors (Lipinski definition) is 3. The Balaban J connectivity index is 1.66. The highest BCUT2D eigenvalue weighted by molar-refractivity contribution is 6.07. The number of amides is 3. The van der Waals surface area contributed by atoms with Gasteiger partial charge < -0.3 is 19.7 Å². The van der Waals surface area contributed by atoms with Gasteiger partial charge in [0.1, 0.15) is 11.3 Å². The lowest BCUT2D eigenvalue weighted by Crippen LogP contribution is -2.50. The van der Waals surface area contributed by atoms with Gasteiger partial charge in [-0.25, -0.2) is 4.79 Å². The van der Waals surface area contributed by atoms with Crippen LogP contribution in [0.4, 0.5) is 4.79 Å². The third-order valence-corrected chi connectivity index (χ3v) is 5.09. The quantitative estimate of drug-likeness (QED) is 0.567. The van der Waals surface area contributed by atoms with Crippen LogP contribution in [0, 0.1) is 0 Å². The Kier molecular flexibility index (Phi) is 4.38. The molecule has 4 rings (SSSR count). The summed E-state index contributed by atoms with van der Waals surface area (Å²) in [6, 6.07) is 8.58. The predicted molar refractivity (Wildman–Crippen MR) is 102 cm³/mol. The maximum Gasteiger partial charge on any atom is 0.322 e. The molecule has 0 bridgehead atoms. The van der Waals surface area contributed by atoms with E-state index in [9.17, 15) is 14.7 Å². The summed E-state index contributed by atoms with van der Waals surface area (Å²) < 4.78 is 6.79. The molecule has 8 nitrogen and oxygen atoms in total. The van der Waals surface area contributed by atoms with E-state index in [4.69, 9.17) is 4.74 Å². The van der Waals surface area contributed by atoms with Crippen LogP contribution in [0.15, 0.2) is 48.9 Å². The number of urea groups is 1. The Labute approximate surface area is 161 Å². The summed E-state index contributed by atoms with van der Waals surface area (Å²) in [7, 11) is 1.56. The zero-order chi connectivity index (χ0) is 19.7. The van der Waals surface area contributed by atoms with Gasteiger partial charge in [-0.15, -0.1) is 0 Å². The molecule has 1 aliphatic rings. The van der Waals surface area contributed by atoms with Crippen LogP contribution in [0.5, 0.6) is 11.6 Å². The summed E-state index contributed by atoms with van der Waals surface area (Å²) >= 11 is 0. The molecule has 1 aromatic carbocycles. The molecule has 3 aromatic rings. The van der Waals surface area contributed by atoms with Crippen molar-refractivity contribution in [3.63, 3.8) is 0 Å². The van der Waals surface area contributed by atoms with Gasteiger partial charge >= 0.3 is 6.03 Å². The van der Waals surface area contributed by atoms with Gasteiger partial charge in [-0.1, -0.05) is 6.07 Å². The number of aromatic nitrogens is 2. The molecule has 1 fully saturated rings. The molecule has 0 aliphatic carbocycles. The summed E-state index contributed by atoms with van der Waals surface area (Å²) in [6.45, 7) is 0.105. The van der Waals surface area contributed by atoms with E-state index in [1.807, 2.05) is 18.2 Å². The van der Waals surface area contributed by atoms with Gasteiger partial charge in [0, 0.05) is 29.4 Å². The number of nitrogens with one attached hydrogen (secondary N) is 2. The topological polar surface area (TPSA) is 105 Å². The zero-order valence-corrected chi connectivity index (χ0v) is 15.3. The van der Waals surface area contributed by atoms with E-state index in [0.717, 1.165) is 10.9 Å². The van der Waals surface area contributed by atoms with Crippen molar-refractivity contribution in [3.8, 4) is 11.6 Å². The molecule has 0 unspecified atom stereocenters. The molecule has 8 heteroatoms. The van der Waals surface area contributed by atoms with Gasteiger partial charge in [0.25, 0.3) is 5.91 Å². The summed E-state index contributed by atoms with van der Waals surface area (Å²) in [6.07, 6.45) is 6.09. The number of nitrogens with zero attached hydrogens (tertiary/aromatic N) is 2. The van der Waals surface area contributed by atoms with Gasteiger partial charge in [0.05, 0.1) is 13.7 Å². The SMILES string of the molecule is COc1ccc2cn(C[C@@]3(CCc4cccnc4)NC(=O)NC3=O)c(O)c2c1. The normalized spacial score (nSPS) is 18.9.